The van der Waals surface area contributed by atoms with Crippen molar-refractivity contribution in [2.75, 3.05) is 11.9 Å². The van der Waals surface area contributed by atoms with Crippen molar-refractivity contribution in [1.29, 1.82) is 0 Å². The van der Waals surface area contributed by atoms with E-state index in [1.54, 1.807) is 22.8 Å². The first-order valence-corrected chi connectivity index (χ1v) is 7.26. The SMILES string of the molecule is CN1C(=O)C(Cl)=C(c2ccccc2)n2ncc3cccc1c32. The molecule has 1 aliphatic heterocycles. The van der Waals surface area contributed by atoms with Gasteiger partial charge in [-0.3, -0.25) is 4.79 Å². The van der Waals surface area contributed by atoms with E-state index in [-0.39, 0.29) is 10.9 Å². The number of likely N-dealkylation sites (N-methyl/N-ethyl adjacent to an activating group) is 1. The number of carbonyl (C=O) groups excluding carboxylic acids is 1. The number of amides is 1. The summed E-state index contributed by atoms with van der Waals surface area (Å²) in [7, 11) is 1.73. The molecule has 22 heavy (non-hydrogen) atoms. The van der Waals surface area contributed by atoms with Crippen LogP contribution in [0.25, 0.3) is 16.6 Å². The molecule has 2 heterocycles. The Morgan fingerprint density at radius 3 is 2.59 bits per heavy atom. The van der Waals surface area contributed by atoms with Crippen molar-refractivity contribution >= 4 is 39.8 Å². The van der Waals surface area contributed by atoms with Gasteiger partial charge in [-0.25, -0.2) is 4.68 Å². The Morgan fingerprint density at radius 2 is 1.82 bits per heavy atom. The molecule has 0 aliphatic carbocycles. The second-order valence-electron chi connectivity index (χ2n) is 5.16. The van der Waals surface area contributed by atoms with Crippen LogP contribution in [0.15, 0.2) is 59.8 Å². The second kappa shape index (κ2) is 4.71. The van der Waals surface area contributed by atoms with Crippen LogP contribution in [0.5, 0.6) is 0 Å². The van der Waals surface area contributed by atoms with E-state index in [1.807, 2.05) is 48.5 Å². The zero-order valence-electron chi connectivity index (χ0n) is 11.8. The van der Waals surface area contributed by atoms with Gasteiger partial charge >= 0.3 is 0 Å². The van der Waals surface area contributed by atoms with Crippen LogP contribution in [0, 0.1) is 0 Å². The van der Waals surface area contributed by atoms with Gasteiger partial charge in [-0.1, -0.05) is 54.1 Å². The van der Waals surface area contributed by atoms with E-state index in [0.29, 0.717) is 5.70 Å². The molecular weight excluding hydrogens is 298 g/mol. The number of anilines is 1. The van der Waals surface area contributed by atoms with E-state index in [9.17, 15) is 4.79 Å². The number of halogens is 1. The average Bonchev–Trinajstić information content (AvgIpc) is 2.95. The summed E-state index contributed by atoms with van der Waals surface area (Å²) in [4.78, 5) is 14.2. The second-order valence-corrected chi connectivity index (χ2v) is 5.54. The predicted octanol–water partition coefficient (Wildman–Crippen LogP) is 3.47. The van der Waals surface area contributed by atoms with E-state index in [1.165, 1.54) is 0 Å². The lowest BCUT2D eigenvalue weighted by Gasteiger charge is -2.15. The number of rotatable bonds is 1. The van der Waals surface area contributed by atoms with Crippen LogP contribution in [0.4, 0.5) is 5.69 Å². The molecule has 4 nitrogen and oxygen atoms in total. The number of carbonyl (C=O) groups is 1. The van der Waals surface area contributed by atoms with E-state index < -0.39 is 0 Å². The van der Waals surface area contributed by atoms with Gasteiger partial charge < -0.3 is 4.90 Å². The smallest absolute Gasteiger partial charge is 0.271 e. The lowest BCUT2D eigenvalue weighted by molar-refractivity contribution is -0.114. The van der Waals surface area contributed by atoms with Crippen molar-refractivity contribution < 1.29 is 4.79 Å². The van der Waals surface area contributed by atoms with Gasteiger partial charge in [0, 0.05) is 18.0 Å². The molecule has 0 fully saturated rings. The third-order valence-corrected chi connectivity index (χ3v) is 4.23. The topological polar surface area (TPSA) is 38.1 Å². The minimum atomic E-state index is -0.237. The maximum Gasteiger partial charge on any atom is 0.271 e. The zero-order chi connectivity index (χ0) is 15.3. The standard InChI is InChI=1S/C17H12ClN3O/c1-20-13-9-5-8-12-10-19-21(15(12)13)16(14(18)17(20)22)11-6-3-2-4-7-11/h2-10H,1H3. The molecular formula is C17H12ClN3O. The van der Waals surface area contributed by atoms with Crippen LogP contribution in [0.3, 0.4) is 0 Å². The molecule has 5 heteroatoms. The normalized spacial score (nSPS) is 14.6. The molecule has 0 N–H and O–H groups in total. The first kappa shape index (κ1) is 13.1. The Labute approximate surface area is 132 Å². The maximum atomic E-state index is 12.6. The molecule has 2 aromatic carbocycles. The Hall–Kier alpha value is -2.59. The van der Waals surface area contributed by atoms with Crippen LogP contribution >= 0.6 is 11.6 Å². The quantitative estimate of drug-likeness (QED) is 0.690. The molecule has 1 aromatic heterocycles. The highest BCUT2D eigenvalue weighted by Gasteiger charge is 2.28. The fraction of sp³-hybridized carbons (Fsp3) is 0.0588. The highest BCUT2D eigenvalue weighted by Crippen LogP contribution is 2.36. The van der Waals surface area contributed by atoms with E-state index in [4.69, 9.17) is 11.6 Å². The summed E-state index contributed by atoms with van der Waals surface area (Å²) in [6, 6.07) is 15.4. The molecule has 0 saturated heterocycles. The van der Waals surface area contributed by atoms with E-state index in [2.05, 4.69) is 5.10 Å². The Kier molecular flexibility index (Phi) is 2.81. The van der Waals surface area contributed by atoms with Crippen LogP contribution in [0.2, 0.25) is 0 Å². The highest BCUT2D eigenvalue weighted by atomic mass is 35.5. The van der Waals surface area contributed by atoms with Gasteiger partial charge in [-0.05, 0) is 6.07 Å². The summed E-state index contributed by atoms with van der Waals surface area (Å²) in [5.74, 6) is -0.237. The van der Waals surface area contributed by atoms with Gasteiger partial charge in [0.15, 0.2) is 0 Å². The van der Waals surface area contributed by atoms with E-state index in [0.717, 1.165) is 22.2 Å². The monoisotopic (exact) mass is 309 g/mol. The molecule has 1 aliphatic rings. The average molecular weight is 310 g/mol. The number of hydrogen-bond donors (Lipinski definition) is 0. The molecule has 4 rings (SSSR count). The predicted molar refractivity (Wildman–Crippen MR) is 87.8 cm³/mol. The molecule has 0 spiro atoms. The first-order valence-electron chi connectivity index (χ1n) is 6.89. The molecule has 1 amide bonds. The molecule has 0 unspecified atom stereocenters. The van der Waals surface area contributed by atoms with Crippen LogP contribution in [0.1, 0.15) is 5.56 Å². The fourth-order valence-electron chi connectivity index (χ4n) is 2.80. The minimum Gasteiger partial charge on any atom is -0.308 e. The van der Waals surface area contributed by atoms with Crippen LogP contribution < -0.4 is 4.90 Å². The van der Waals surface area contributed by atoms with Gasteiger partial charge in [-0.2, -0.15) is 5.10 Å². The number of benzene rings is 2. The summed E-state index contributed by atoms with van der Waals surface area (Å²) >= 11 is 6.43. The van der Waals surface area contributed by atoms with Gasteiger partial charge in [0.1, 0.15) is 5.03 Å². The van der Waals surface area contributed by atoms with Gasteiger partial charge in [0.25, 0.3) is 5.91 Å². The largest absolute Gasteiger partial charge is 0.308 e. The summed E-state index contributed by atoms with van der Waals surface area (Å²) in [5, 5.41) is 5.59. The Balaban J connectivity index is 2.14. The Morgan fingerprint density at radius 1 is 1.05 bits per heavy atom. The third-order valence-electron chi connectivity index (χ3n) is 3.89. The molecule has 0 saturated carbocycles. The summed E-state index contributed by atoms with van der Waals surface area (Å²) in [6.45, 7) is 0. The van der Waals surface area contributed by atoms with Crippen molar-refractivity contribution in [2.45, 2.75) is 0 Å². The molecule has 108 valence electrons. The first-order chi connectivity index (χ1) is 10.7. The van der Waals surface area contributed by atoms with E-state index >= 15 is 0 Å². The van der Waals surface area contributed by atoms with Crippen molar-refractivity contribution in [1.82, 2.24) is 9.78 Å². The summed E-state index contributed by atoms with van der Waals surface area (Å²) < 4.78 is 1.75. The number of para-hydroxylation sites is 1. The molecule has 0 radical (unpaired) electrons. The van der Waals surface area contributed by atoms with Crippen LogP contribution in [-0.2, 0) is 4.79 Å². The van der Waals surface area contributed by atoms with Crippen molar-refractivity contribution in [2.24, 2.45) is 0 Å². The zero-order valence-corrected chi connectivity index (χ0v) is 12.6. The van der Waals surface area contributed by atoms with Gasteiger partial charge in [-0.15, -0.1) is 0 Å². The number of aromatic nitrogens is 2. The summed E-state index contributed by atoms with van der Waals surface area (Å²) in [5.41, 5.74) is 3.15. The Bertz CT molecular complexity index is 927. The van der Waals surface area contributed by atoms with Crippen molar-refractivity contribution in [3.8, 4) is 0 Å². The molecule has 0 atom stereocenters. The summed E-state index contributed by atoms with van der Waals surface area (Å²) in [6.07, 6.45) is 1.79. The lowest BCUT2D eigenvalue weighted by atomic mass is 10.1. The highest BCUT2D eigenvalue weighted by molar-refractivity contribution is 6.47. The molecule has 3 aromatic rings. The van der Waals surface area contributed by atoms with Crippen molar-refractivity contribution in [3.63, 3.8) is 0 Å². The lowest BCUT2D eigenvalue weighted by Crippen LogP contribution is -2.25. The van der Waals surface area contributed by atoms with Gasteiger partial charge in [0.05, 0.1) is 23.1 Å². The van der Waals surface area contributed by atoms with Gasteiger partial charge in [0.2, 0.25) is 0 Å². The van der Waals surface area contributed by atoms with Crippen LogP contribution in [-0.4, -0.2) is 22.7 Å². The maximum absolute atomic E-state index is 12.6. The van der Waals surface area contributed by atoms with Crippen molar-refractivity contribution in [3.05, 3.63) is 65.3 Å². The minimum absolute atomic E-state index is 0.162. The third kappa shape index (κ3) is 1.71. The molecule has 0 bridgehead atoms. The fourth-order valence-corrected chi connectivity index (χ4v) is 3.11. The number of nitrogens with zero attached hydrogens (tertiary/aromatic N) is 3. The number of hydrogen-bond acceptors (Lipinski definition) is 2.